The van der Waals surface area contributed by atoms with Crippen LogP contribution >= 0.6 is 0 Å². The molecule has 5 aromatic rings. The topological polar surface area (TPSA) is 210 Å². The van der Waals surface area contributed by atoms with Crippen molar-refractivity contribution in [3.05, 3.63) is 89.1 Å². The zero-order chi connectivity index (χ0) is 42.7. The summed E-state index contributed by atoms with van der Waals surface area (Å²) in [6.07, 6.45) is 2.72. The van der Waals surface area contributed by atoms with E-state index in [0.29, 0.717) is 60.9 Å². The van der Waals surface area contributed by atoms with E-state index in [1.165, 1.54) is 11.0 Å². The normalized spacial score (nSPS) is 18.9. The second-order valence-electron chi connectivity index (χ2n) is 15.2. The minimum absolute atomic E-state index is 0.00597. The maximum Gasteiger partial charge on any atom is 0.247 e. The van der Waals surface area contributed by atoms with Gasteiger partial charge < -0.3 is 41.4 Å². The van der Waals surface area contributed by atoms with Gasteiger partial charge in [0.05, 0.1) is 34.1 Å². The van der Waals surface area contributed by atoms with Crippen molar-refractivity contribution in [1.29, 1.82) is 0 Å². The second-order valence-corrected chi connectivity index (χ2v) is 15.2. The Kier molecular flexibility index (Phi) is 12.1. The fourth-order valence-corrected chi connectivity index (χ4v) is 7.83. The molecule has 15 nitrogen and oxygen atoms in total. The summed E-state index contributed by atoms with van der Waals surface area (Å²) in [6.45, 7) is 8.50. The molecule has 3 aromatic carbocycles. The van der Waals surface area contributed by atoms with E-state index in [4.69, 9.17) is 14.8 Å². The van der Waals surface area contributed by atoms with Crippen LogP contribution in [0.4, 0.5) is 37.2 Å². The standard InChI is InChI=1S/C27H27F2N5O4.C16H20N4O2/c1-14-26(15(2)38-33-14)16-3-7-21(31-17-4-9-24(35)30-13-17)22(11-16)32-27(37)23-8-10-25(36)34(23)18-5-6-19(28)20(29)12-18;1-9-16(10(2)22-20-9)11-3-5-14(13(17)7-11)19-12-4-6-15(21)18-8-12/h3,5-7,11-12,17,23,31H,4,8-10,13H2,1-2H3,(H,30,35)(H,32,37);3,5,7,12,19H,4,6,8,17H2,1-2H3,(H,18,21)/t17?,23-;/m0./s1. The largest absolute Gasteiger partial charge is 0.397 e. The molecule has 3 atom stereocenters. The van der Waals surface area contributed by atoms with Crippen LogP contribution < -0.4 is 37.2 Å². The monoisotopic (exact) mass is 823 g/mol. The number of nitrogens with one attached hydrogen (secondary N) is 5. The molecule has 0 bridgehead atoms. The third-order valence-corrected chi connectivity index (χ3v) is 10.9. The fraction of sp³-hybridized carbons (Fsp3) is 0.349. The predicted octanol–water partition coefficient (Wildman–Crippen LogP) is 6.29. The van der Waals surface area contributed by atoms with Gasteiger partial charge in [-0.25, -0.2) is 8.78 Å². The Morgan fingerprint density at radius 3 is 1.80 bits per heavy atom. The van der Waals surface area contributed by atoms with Gasteiger partial charge in [-0.2, -0.15) is 0 Å². The number of nitrogens with zero attached hydrogens (tertiary/aromatic N) is 3. The highest BCUT2D eigenvalue weighted by molar-refractivity contribution is 6.08. The van der Waals surface area contributed by atoms with E-state index in [1.807, 2.05) is 51.1 Å². The van der Waals surface area contributed by atoms with Crippen LogP contribution in [0.3, 0.4) is 0 Å². The maximum absolute atomic E-state index is 13.9. The third kappa shape index (κ3) is 9.09. The third-order valence-electron chi connectivity index (χ3n) is 10.9. The number of hydrogen-bond donors (Lipinski definition) is 6. The van der Waals surface area contributed by atoms with Gasteiger partial charge in [-0.1, -0.05) is 22.4 Å². The number of benzene rings is 3. The number of aromatic nitrogens is 2. The lowest BCUT2D eigenvalue weighted by molar-refractivity contribution is -0.123. The van der Waals surface area contributed by atoms with Crippen LogP contribution in [-0.2, 0) is 19.2 Å². The SMILES string of the molecule is Cc1noc(C)c1-c1ccc(NC2CCC(=O)NC2)c(N)c1.Cc1noc(C)c1-c1ccc(NC2CCC(=O)NC2)c(NC(=O)[C@@H]2CCC(=O)N2c2ccc(F)c(F)c2)c1. The molecule has 4 amide bonds. The van der Waals surface area contributed by atoms with E-state index in [9.17, 15) is 28.0 Å². The van der Waals surface area contributed by atoms with Gasteiger partial charge in [0.2, 0.25) is 23.6 Å². The van der Waals surface area contributed by atoms with E-state index in [2.05, 4.69) is 36.9 Å². The minimum atomic E-state index is -1.10. The van der Waals surface area contributed by atoms with E-state index >= 15 is 0 Å². The lowest BCUT2D eigenvalue weighted by atomic mass is 10.0. The number of nitrogen functional groups attached to an aromatic ring is 1. The van der Waals surface area contributed by atoms with Crippen LogP contribution in [0, 0.1) is 39.3 Å². The van der Waals surface area contributed by atoms with Crippen LogP contribution in [-0.4, -0.2) is 65.2 Å². The van der Waals surface area contributed by atoms with Crippen LogP contribution in [0.25, 0.3) is 22.3 Å². The highest BCUT2D eigenvalue weighted by atomic mass is 19.2. The lowest BCUT2D eigenvalue weighted by Crippen LogP contribution is -2.43. The number of anilines is 5. The number of hydrogen-bond acceptors (Lipinski definition) is 11. The van der Waals surface area contributed by atoms with Crippen LogP contribution in [0.1, 0.15) is 61.4 Å². The van der Waals surface area contributed by atoms with E-state index < -0.39 is 23.6 Å². The summed E-state index contributed by atoms with van der Waals surface area (Å²) >= 11 is 0. The van der Waals surface area contributed by atoms with Crippen LogP contribution in [0.2, 0.25) is 0 Å². The number of rotatable bonds is 9. The molecule has 60 heavy (non-hydrogen) atoms. The van der Waals surface area contributed by atoms with Gasteiger partial charge >= 0.3 is 0 Å². The molecule has 3 fully saturated rings. The first-order valence-corrected chi connectivity index (χ1v) is 19.8. The molecule has 8 rings (SSSR count). The van der Waals surface area contributed by atoms with Crippen molar-refractivity contribution in [1.82, 2.24) is 20.9 Å². The number of carbonyl (C=O) groups excluding carboxylic acids is 4. The molecule has 3 saturated heterocycles. The van der Waals surface area contributed by atoms with Gasteiger partial charge in [0.1, 0.15) is 17.6 Å². The molecule has 3 aliphatic rings. The molecule has 3 aliphatic heterocycles. The number of aryl methyl sites for hydroxylation is 4. The van der Waals surface area contributed by atoms with Crippen molar-refractivity contribution in [3.8, 4) is 22.3 Å². The van der Waals surface area contributed by atoms with Crippen molar-refractivity contribution >= 4 is 52.1 Å². The Hall–Kier alpha value is -6.78. The molecule has 5 heterocycles. The number of piperidine rings is 2. The van der Waals surface area contributed by atoms with Crippen LogP contribution in [0.15, 0.2) is 63.6 Å². The van der Waals surface area contributed by atoms with Gasteiger partial charge in [0, 0.05) is 67.3 Å². The molecule has 0 spiro atoms. The molecule has 0 aliphatic carbocycles. The maximum atomic E-state index is 13.9. The van der Waals surface area contributed by atoms with Crippen LogP contribution in [0.5, 0.6) is 0 Å². The summed E-state index contributed by atoms with van der Waals surface area (Å²) in [5.74, 6) is -1.43. The molecule has 2 unspecified atom stereocenters. The predicted molar refractivity (Wildman–Crippen MR) is 222 cm³/mol. The van der Waals surface area contributed by atoms with Crippen molar-refractivity contribution in [2.75, 3.05) is 39.7 Å². The van der Waals surface area contributed by atoms with Crippen molar-refractivity contribution in [3.63, 3.8) is 0 Å². The summed E-state index contributed by atoms with van der Waals surface area (Å²) in [4.78, 5) is 50.2. The average molecular weight is 824 g/mol. The molecule has 2 aromatic heterocycles. The molecule has 0 saturated carbocycles. The molecule has 0 radical (unpaired) electrons. The summed E-state index contributed by atoms with van der Waals surface area (Å²) in [5.41, 5.74) is 14.1. The van der Waals surface area contributed by atoms with Gasteiger partial charge in [0.25, 0.3) is 0 Å². The highest BCUT2D eigenvalue weighted by Gasteiger charge is 2.38. The lowest BCUT2D eigenvalue weighted by Gasteiger charge is -2.27. The highest BCUT2D eigenvalue weighted by Crippen LogP contribution is 2.36. The molecule has 7 N–H and O–H groups in total. The number of nitrogens with two attached hydrogens (primary N) is 1. The molecular formula is C43H47F2N9O6. The second kappa shape index (κ2) is 17.6. The summed E-state index contributed by atoms with van der Waals surface area (Å²) in [6, 6.07) is 13.8. The first-order chi connectivity index (χ1) is 28.7. The first-order valence-electron chi connectivity index (χ1n) is 19.8. The van der Waals surface area contributed by atoms with Crippen molar-refractivity contribution in [2.24, 2.45) is 0 Å². The smallest absolute Gasteiger partial charge is 0.247 e. The number of carbonyl (C=O) groups is 4. The number of halogens is 2. The summed E-state index contributed by atoms with van der Waals surface area (Å²) in [5, 5.41) is 23.4. The Morgan fingerprint density at radius 2 is 1.28 bits per heavy atom. The molecule has 17 heteroatoms. The Balaban J connectivity index is 0.000000210. The van der Waals surface area contributed by atoms with E-state index in [-0.39, 0.29) is 48.3 Å². The van der Waals surface area contributed by atoms with E-state index in [0.717, 1.165) is 57.9 Å². The van der Waals surface area contributed by atoms with Gasteiger partial charge in [-0.15, -0.1) is 0 Å². The zero-order valence-corrected chi connectivity index (χ0v) is 33.7. The average Bonchev–Trinajstić information content (AvgIpc) is 3.90. The molecular weight excluding hydrogens is 777 g/mol. The quantitative estimate of drug-likeness (QED) is 0.0910. The fourth-order valence-electron chi connectivity index (χ4n) is 7.83. The zero-order valence-electron chi connectivity index (χ0n) is 33.7. The van der Waals surface area contributed by atoms with Crippen molar-refractivity contribution in [2.45, 2.75) is 84.3 Å². The van der Waals surface area contributed by atoms with Gasteiger partial charge in [0.15, 0.2) is 11.6 Å². The Morgan fingerprint density at radius 1 is 0.717 bits per heavy atom. The Bertz CT molecular complexity index is 2390. The van der Waals surface area contributed by atoms with Gasteiger partial charge in [-0.3, -0.25) is 24.1 Å². The van der Waals surface area contributed by atoms with Gasteiger partial charge in [-0.05, 0) is 94.5 Å². The van der Waals surface area contributed by atoms with Crippen molar-refractivity contribution < 1.29 is 37.0 Å². The Labute approximate surface area is 344 Å². The summed E-state index contributed by atoms with van der Waals surface area (Å²) in [7, 11) is 0. The first kappa shape index (κ1) is 41.4. The minimum Gasteiger partial charge on any atom is -0.397 e. The van der Waals surface area contributed by atoms with E-state index in [1.54, 1.807) is 13.0 Å². The molecule has 314 valence electrons. The summed E-state index contributed by atoms with van der Waals surface area (Å²) < 4.78 is 37.9. The number of amides is 4.